The molecule has 0 atom stereocenters. The first-order valence-corrected chi connectivity index (χ1v) is 6.07. The molecule has 2 aromatic rings. The Morgan fingerprint density at radius 2 is 2.38 bits per heavy atom. The highest BCUT2D eigenvalue weighted by Gasteiger charge is 2.03. The van der Waals surface area contributed by atoms with Crippen molar-refractivity contribution in [1.29, 1.82) is 0 Å². The summed E-state index contributed by atoms with van der Waals surface area (Å²) in [6, 6.07) is 5.73. The molecule has 0 aliphatic carbocycles. The summed E-state index contributed by atoms with van der Waals surface area (Å²) in [6.45, 7) is 0.569. The van der Waals surface area contributed by atoms with Gasteiger partial charge in [0, 0.05) is 17.5 Å². The highest BCUT2D eigenvalue weighted by atomic mass is 35.5. The summed E-state index contributed by atoms with van der Waals surface area (Å²) in [6.07, 6.45) is 2.39. The fourth-order valence-corrected chi connectivity index (χ4v) is 2.12. The van der Waals surface area contributed by atoms with Crippen LogP contribution in [-0.2, 0) is 6.42 Å². The predicted molar refractivity (Wildman–Crippen MR) is 67.2 cm³/mol. The number of nitrogen functional groups attached to an aromatic ring is 1. The lowest BCUT2D eigenvalue weighted by atomic mass is 10.3. The smallest absolute Gasteiger partial charge is 0.237 e. The summed E-state index contributed by atoms with van der Waals surface area (Å²) < 4.78 is 5.48. The van der Waals surface area contributed by atoms with Gasteiger partial charge in [-0.15, -0.1) is 11.3 Å². The number of hydrogen-bond acceptors (Lipinski definition) is 4. The Bertz CT molecular complexity index is 459. The maximum atomic E-state index is 5.74. The maximum Gasteiger partial charge on any atom is 0.237 e. The number of pyridine rings is 1. The molecular formula is C11H11ClN2OS. The van der Waals surface area contributed by atoms with Crippen LogP contribution < -0.4 is 10.5 Å². The average Bonchev–Trinajstić information content (AvgIpc) is 2.74. The van der Waals surface area contributed by atoms with Gasteiger partial charge in [-0.3, -0.25) is 0 Å². The molecule has 0 amide bonds. The van der Waals surface area contributed by atoms with Crippen LogP contribution in [0.1, 0.15) is 4.88 Å². The van der Waals surface area contributed by atoms with Gasteiger partial charge in [0.05, 0.1) is 17.3 Å². The molecule has 0 bridgehead atoms. The van der Waals surface area contributed by atoms with E-state index in [0.717, 1.165) is 6.42 Å². The van der Waals surface area contributed by atoms with E-state index < -0.39 is 0 Å². The van der Waals surface area contributed by atoms with Crippen LogP contribution in [0.5, 0.6) is 5.88 Å². The zero-order chi connectivity index (χ0) is 11.4. The number of aromatic nitrogens is 1. The second-order valence-corrected chi connectivity index (χ2v) is 4.69. The van der Waals surface area contributed by atoms with Crippen LogP contribution in [0.4, 0.5) is 5.69 Å². The third kappa shape index (κ3) is 2.87. The van der Waals surface area contributed by atoms with Gasteiger partial charge in [-0.2, -0.15) is 0 Å². The third-order valence-corrected chi connectivity index (χ3v) is 3.16. The molecule has 0 aliphatic heterocycles. The summed E-state index contributed by atoms with van der Waals surface area (Å²) in [5.41, 5.74) is 6.18. The zero-order valence-electron chi connectivity index (χ0n) is 8.52. The van der Waals surface area contributed by atoms with Crippen molar-refractivity contribution >= 4 is 28.6 Å². The first-order chi connectivity index (χ1) is 7.75. The molecule has 2 rings (SSSR count). The molecule has 0 aromatic carbocycles. The normalized spacial score (nSPS) is 10.3. The SMILES string of the molecule is Nc1cc(Cl)cnc1OCCc1cccs1. The molecule has 0 radical (unpaired) electrons. The van der Waals surface area contributed by atoms with Crippen molar-refractivity contribution in [2.75, 3.05) is 12.3 Å². The van der Waals surface area contributed by atoms with Crippen molar-refractivity contribution in [3.63, 3.8) is 0 Å². The zero-order valence-corrected chi connectivity index (χ0v) is 10.1. The summed E-state index contributed by atoms with van der Waals surface area (Å²) in [4.78, 5) is 5.31. The summed E-state index contributed by atoms with van der Waals surface area (Å²) in [7, 11) is 0. The number of hydrogen-bond donors (Lipinski definition) is 1. The minimum atomic E-state index is 0.445. The topological polar surface area (TPSA) is 48.1 Å². The molecule has 16 heavy (non-hydrogen) atoms. The lowest BCUT2D eigenvalue weighted by Crippen LogP contribution is -2.04. The molecule has 0 unspecified atom stereocenters. The van der Waals surface area contributed by atoms with Crippen LogP contribution in [-0.4, -0.2) is 11.6 Å². The molecule has 5 heteroatoms. The maximum absolute atomic E-state index is 5.74. The van der Waals surface area contributed by atoms with Crippen LogP contribution in [0.15, 0.2) is 29.8 Å². The first kappa shape index (κ1) is 11.2. The summed E-state index contributed by atoms with van der Waals surface area (Å²) in [5.74, 6) is 0.445. The second kappa shape index (κ2) is 5.18. The molecule has 0 fully saturated rings. The van der Waals surface area contributed by atoms with Gasteiger partial charge in [-0.1, -0.05) is 17.7 Å². The Hall–Kier alpha value is -1.26. The van der Waals surface area contributed by atoms with E-state index in [-0.39, 0.29) is 0 Å². The van der Waals surface area contributed by atoms with Gasteiger partial charge < -0.3 is 10.5 Å². The molecule has 2 aromatic heterocycles. The lowest BCUT2D eigenvalue weighted by Gasteiger charge is -2.06. The molecule has 0 aliphatic rings. The van der Waals surface area contributed by atoms with Crippen LogP contribution in [0, 0.1) is 0 Å². The van der Waals surface area contributed by atoms with Crippen molar-refractivity contribution in [1.82, 2.24) is 4.98 Å². The van der Waals surface area contributed by atoms with E-state index in [2.05, 4.69) is 11.1 Å². The fraction of sp³-hybridized carbons (Fsp3) is 0.182. The molecular weight excluding hydrogens is 244 g/mol. The van der Waals surface area contributed by atoms with Crippen LogP contribution in [0.3, 0.4) is 0 Å². The largest absolute Gasteiger partial charge is 0.476 e. The van der Waals surface area contributed by atoms with Gasteiger partial charge >= 0.3 is 0 Å². The van der Waals surface area contributed by atoms with E-state index in [0.29, 0.717) is 23.2 Å². The molecule has 84 valence electrons. The summed E-state index contributed by atoms with van der Waals surface area (Å²) >= 11 is 7.45. The number of rotatable bonds is 4. The van der Waals surface area contributed by atoms with E-state index >= 15 is 0 Å². The number of halogens is 1. The highest BCUT2D eigenvalue weighted by molar-refractivity contribution is 7.09. The number of nitrogens with two attached hydrogens (primary N) is 1. The van der Waals surface area contributed by atoms with Crippen molar-refractivity contribution < 1.29 is 4.74 Å². The van der Waals surface area contributed by atoms with E-state index in [1.165, 1.54) is 11.1 Å². The first-order valence-electron chi connectivity index (χ1n) is 4.82. The number of ether oxygens (including phenoxy) is 1. The Balaban J connectivity index is 1.90. The van der Waals surface area contributed by atoms with Crippen molar-refractivity contribution in [2.45, 2.75) is 6.42 Å². The highest BCUT2D eigenvalue weighted by Crippen LogP contribution is 2.21. The van der Waals surface area contributed by atoms with E-state index in [9.17, 15) is 0 Å². The number of anilines is 1. The van der Waals surface area contributed by atoms with Crippen LogP contribution >= 0.6 is 22.9 Å². The Labute approximate surface area is 103 Å². The van der Waals surface area contributed by atoms with Crippen molar-refractivity contribution in [2.24, 2.45) is 0 Å². The molecule has 3 nitrogen and oxygen atoms in total. The molecule has 2 heterocycles. The lowest BCUT2D eigenvalue weighted by molar-refractivity contribution is 0.312. The van der Waals surface area contributed by atoms with Crippen LogP contribution in [0.25, 0.3) is 0 Å². The second-order valence-electron chi connectivity index (χ2n) is 3.23. The minimum absolute atomic E-state index is 0.445. The number of thiophene rings is 1. The van der Waals surface area contributed by atoms with Crippen LogP contribution in [0.2, 0.25) is 5.02 Å². The van der Waals surface area contributed by atoms with Crippen molar-refractivity contribution in [3.8, 4) is 5.88 Å². The Morgan fingerprint density at radius 1 is 1.50 bits per heavy atom. The molecule has 0 saturated heterocycles. The van der Waals surface area contributed by atoms with E-state index in [1.807, 2.05) is 11.4 Å². The molecule has 2 N–H and O–H groups in total. The van der Waals surface area contributed by atoms with Gasteiger partial charge in [0.2, 0.25) is 5.88 Å². The van der Waals surface area contributed by atoms with Gasteiger partial charge in [0.1, 0.15) is 0 Å². The standard InChI is InChI=1S/C11H11ClN2OS/c12-8-6-10(13)11(14-7-8)15-4-3-9-2-1-5-16-9/h1-2,5-7H,3-4,13H2. The molecule has 0 saturated carbocycles. The third-order valence-electron chi connectivity index (χ3n) is 2.01. The Morgan fingerprint density at radius 3 is 3.06 bits per heavy atom. The predicted octanol–water partition coefficient (Wildman–Crippen LogP) is 3.00. The van der Waals surface area contributed by atoms with E-state index in [1.54, 1.807) is 17.4 Å². The minimum Gasteiger partial charge on any atom is -0.476 e. The van der Waals surface area contributed by atoms with Gasteiger partial charge in [0.15, 0.2) is 0 Å². The monoisotopic (exact) mass is 254 g/mol. The fourth-order valence-electron chi connectivity index (χ4n) is 1.27. The van der Waals surface area contributed by atoms with Gasteiger partial charge in [-0.25, -0.2) is 4.98 Å². The average molecular weight is 255 g/mol. The number of nitrogens with zero attached hydrogens (tertiary/aromatic N) is 1. The quantitative estimate of drug-likeness (QED) is 0.913. The van der Waals surface area contributed by atoms with E-state index in [4.69, 9.17) is 22.1 Å². The molecule has 0 spiro atoms. The summed E-state index contributed by atoms with van der Waals surface area (Å²) in [5, 5.41) is 2.56. The van der Waals surface area contributed by atoms with Crippen molar-refractivity contribution in [3.05, 3.63) is 39.7 Å². The van der Waals surface area contributed by atoms with Gasteiger partial charge in [-0.05, 0) is 17.5 Å². The van der Waals surface area contributed by atoms with Gasteiger partial charge in [0.25, 0.3) is 0 Å². The Kier molecular flexibility index (Phi) is 3.64.